The van der Waals surface area contributed by atoms with Crippen molar-refractivity contribution in [3.8, 4) is 0 Å². The van der Waals surface area contributed by atoms with E-state index in [4.69, 9.17) is 15.0 Å². The molecule has 0 aliphatic carbocycles. The highest BCUT2D eigenvalue weighted by Crippen LogP contribution is 2.32. The number of nitrogens with one attached hydrogen (secondary N) is 2. The topological polar surface area (TPSA) is 82.0 Å². The summed E-state index contributed by atoms with van der Waals surface area (Å²) in [6.07, 6.45) is 4.16. The van der Waals surface area contributed by atoms with E-state index in [1.165, 1.54) is 0 Å². The summed E-state index contributed by atoms with van der Waals surface area (Å²) in [6.45, 7) is 3.93. The van der Waals surface area contributed by atoms with Crippen molar-refractivity contribution in [1.29, 1.82) is 0 Å². The number of aliphatic imine (C=N–C) groups is 2. The monoisotopic (exact) mass is 424 g/mol. The van der Waals surface area contributed by atoms with Gasteiger partial charge in [-0.05, 0) is 64.5 Å². The second-order valence-electron chi connectivity index (χ2n) is 8.50. The summed E-state index contributed by atoms with van der Waals surface area (Å²) in [7, 11) is 2.14. The smallest absolute Gasteiger partial charge is 0.243 e. The molecule has 2 saturated heterocycles. The van der Waals surface area contributed by atoms with Gasteiger partial charge < -0.3 is 15.5 Å². The number of piperidine rings is 2. The van der Waals surface area contributed by atoms with E-state index >= 15 is 0 Å². The van der Waals surface area contributed by atoms with Gasteiger partial charge in [-0.15, -0.1) is 11.3 Å². The largest absolute Gasteiger partial charge is 0.315 e. The van der Waals surface area contributed by atoms with Crippen molar-refractivity contribution >= 4 is 39.1 Å². The Morgan fingerprint density at radius 2 is 2.03 bits per heavy atom. The van der Waals surface area contributed by atoms with Gasteiger partial charge in [-0.2, -0.15) is 0 Å². The Kier molecular flexibility index (Phi) is 5.62. The third-order valence-corrected chi connectivity index (χ3v) is 7.36. The van der Waals surface area contributed by atoms with E-state index in [1.807, 2.05) is 24.3 Å². The molecule has 1 aromatic carbocycles. The average Bonchev–Trinajstić information content (AvgIpc) is 3.18. The van der Waals surface area contributed by atoms with Crippen LogP contribution in [0, 0.1) is 5.92 Å². The number of para-hydroxylation sites is 1. The first-order valence-electron chi connectivity index (χ1n) is 10.9. The lowest BCUT2D eigenvalue weighted by Crippen LogP contribution is -2.48. The van der Waals surface area contributed by atoms with Crippen LogP contribution in [0.25, 0.3) is 10.2 Å². The van der Waals surface area contributed by atoms with Gasteiger partial charge in [0.25, 0.3) is 0 Å². The summed E-state index contributed by atoms with van der Waals surface area (Å²) in [4.78, 5) is 30.4. The van der Waals surface area contributed by atoms with Gasteiger partial charge in [0.05, 0.1) is 16.3 Å². The number of hydrogen-bond donors (Lipinski definition) is 2. The Hall–Kier alpha value is -2.16. The molecule has 158 valence electrons. The molecule has 0 bridgehead atoms. The molecule has 1 amide bonds. The number of carbonyl (C=O) groups excluding carboxylic acids is 1. The summed E-state index contributed by atoms with van der Waals surface area (Å²) in [5.74, 6) is 1.16. The zero-order valence-electron chi connectivity index (χ0n) is 17.3. The SMILES string of the molecule is CN1CCC(C2=NC(=N[C@@H]3CCCNC3)C(c3nc4ccccc4s3)C(=O)N2)CC1. The van der Waals surface area contributed by atoms with E-state index in [0.29, 0.717) is 5.84 Å². The van der Waals surface area contributed by atoms with Crippen molar-refractivity contribution in [1.82, 2.24) is 20.5 Å². The second-order valence-corrected chi connectivity index (χ2v) is 9.57. The molecule has 0 spiro atoms. The normalized spacial score (nSPS) is 28.0. The second kappa shape index (κ2) is 8.53. The Bertz CT molecular complexity index is 951. The predicted octanol–water partition coefficient (Wildman–Crippen LogP) is 2.40. The fraction of sp³-hybridized carbons (Fsp3) is 0.545. The lowest BCUT2D eigenvalue weighted by atomic mass is 9.93. The minimum Gasteiger partial charge on any atom is -0.315 e. The van der Waals surface area contributed by atoms with Gasteiger partial charge in [0.15, 0.2) is 0 Å². The van der Waals surface area contributed by atoms with Crippen molar-refractivity contribution in [2.45, 2.75) is 37.6 Å². The Balaban J connectivity index is 1.51. The number of thiazole rings is 1. The third kappa shape index (κ3) is 4.04. The van der Waals surface area contributed by atoms with Crippen molar-refractivity contribution in [2.24, 2.45) is 15.9 Å². The Morgan fingerprint density at radius 1 is 1.20 bits per heavy atom. The molecule has 2 N–H and O–H groups in total. The van der Waals surface area contributed by atoms with Gasteiger partial charge in [-0.1, -0.05) is 12.1 Å². The Morgan fingerprint density at radius 3 is 2.80 bits per heavy atom. The minimum atomic E-state index is -0.528. The van der Waals surface area contributed by atoms with E-state index in [1.54, 1.807) is 11.3 Å². The zero-order chi connectivity index (χ0) is 20.5. The number of aromatic nitrogens is 1. The fourth-order valence-corrected chi connectivity index (χ4v) is 5.54. The van der Waals surface area contributed by atoms with Gasteiger partial charge in [-0.3, -0.25) is 9.79 Å². The van der Waals surface area contributed by atoms with Crippen LogP contribution in [0.3, 0.4) is 0 Å². The van der Waals surface area contributed by atoms with Crippen LogP contribution in [0.2, 0.25) is 0 Å². The van der Waals surface area contributed by atoms with E-state index in [-0.39, 0.29) is 17.9 Å². The van der Waals surface area contributed by atoms with E-state index in [2.05, 4.69) is 22.6 Å². The molecule has 3 aliphatic rings. The Labute approximate surface area is 180 Å². The molecule has 8 heteroatoms. The number of rotatable bonds is 3. The van der Waals surface area contributed by atoms with E-state index < -0.39 is 5.92 Å². The summed E-state index contributed by atoms with van der Waals surface area (Å²) in [5, 5.41) is 7.32. The highest BCUT2D eigenvalue weighted by atomic mass is 32.1. The number of amidine groups is 2. The lowest BCUT2D eigenvalue weighted by Gasteiger charge is -2.32. The van der Waals surface area contributed by atoms with Crippen molar-refractivity contribution in [3.63, 3.8) is 0 Å². The summed E-state index contributed by atoms with van der Waals surface area (Å²) >= 11 is 1.57. The first-order valence-corrected chi connectivity index (χ1v) is 11.7. The number of benzene rings is 1. The molecule has 0 radical (unpaired) electrons. The third-order valence-electron chi connectivity index (χ3n) is 6.26. The molecule has 1 aromatic heterocycles. The maximum absolute atomic E-state index is 13.3. The van der Waals surface area contributed by atoms with Crippen LogP contribution in [0.1, 0.15) is 36.6 Å². The number of likely N-dealkylation sites (tertiary alicyclic amines) is 1. The van der Waals surface area contributed by atoms with Gasteiger partial charge in [-0.25, -0.2) is 9.98 Å². The van der Waals surface area contributed by atoms with Gasteiger partial charge in [0.2, 0.25) is 5.91 Å². The molecular weight excluding hydrogens is 396 g/mol. The molecule has 30 heavy (non-hydrogen) atoms. The van der Waals surface area contributed by atoms with Crippen LogP contribution < -0.4 is 10.6 Å². The number of carbonyl (C=O) groups is 1. The first-order chi connectivity index (χ1) is 14.7. The number of nitrogens with zero attached hydrogens (tertiary/aromatic N) is 4. The number of amides is 1. The fourth-order valence-electron chi connectivity index (χ4n) is 4.48. The number of fused-ring (bicyclic) bond motifs is 1. The van der Waals surface area contributed by atoms with Crippen LogP contribution in [0.5, 0.6) is 0 Å². The average molecular weight is 425 g/mol. The van der Waals surface area contributed by atoms with Crippen LogP contribution in [-0.4, -0.2) is 66.7 Å². The molecule has 2 aromatic rings. The lowest BCUT2D eigenvalue weighted by molar-refractivity contribution is -0.120. The van der Waals surface area contributed by atoms with Gasteiger partial charge in [0, 0.05) is 12.5 Å². The molecule has 4 heterocycles. The summed E-state index contributed by atoms with van der Waals surface area (Å²) in [5.41, 5.74) is 0.925. The first kappa shape index (κ1) is 19.8. The number of hydrogen-bond acceptors (Lipinski definition) is 6. The highest BCUT2D eigenvalue weighted by molar-refractivity contribution is 7.18. The van der Waals surface area contributed by atoms with E-state index in [9.17, 15) is 4.79 Å². The summed E-state index contributed by atoms with van der Waals surface area (Å²) in [6, 6.07) is 8.19. The van der Waals surface area contributed by atoms with Crippen molar-refractivity contribution in [2.75, 3.05) is 33.2 Å². The molecule has 0 saturated carbocycles. The standard InChI is InChI=1S/C22H28N6OS/c1-28-11-8-14(9-12-28)19-26-20(24-15-5-4-10-23-13-15)18(21(29)27-19)22-25-16-6-2-3-7-17(16)30-22/h2-3,6-7,14-15,18,23H,4-5,8-13H2,1H3,(H,24,26,27,29)/t15-,18?/m1/s1. The molecule has 2 fully saturated rings. The molecule has 3 aliphatic heterocycles. The van der Waals surface area contributed by atoms with Crippen LogP contribution in [0.4, 0.5) is 0 Å². The zero-order valence-corrected chi connectivity index (χ0v) is 18.1. The summed E-state index contributed by atoms with van der Waals surface area (Å²) < 4.78 is 1.09. The van der Waals surface area contributed by atoms with Crippen LogP contribution >= 0.6 is 11.3 Å². The maximum atomic E-state index is 13.3. The van der Waals surface area contributed by atoms with Crippen LogP contribution in [-0.2, 0) is 4.79 Å². The maximum Gasteiger partial charge on any atom is 0.243 e. The highest BCUT2D eigenvalue weighted by Gasteiger charge is 2.37. The van der Waals surface area contributed by atoms with Crippen LogP contribution in [0.15, 0.2) is 34.3 Å². The van der Waals surface area contributed by atoms with Gasteiger partial charge in [0.1, 0.15) is 22.6 Å². The molecular formula is C22H28N6OS. The molecule has 2 atom stereocenters. The quantitative estimate of drug-likeness (QED) is 0.793. The van der Waals surface area contributed by atoms with E-state index in [0.717, 1.165) is 72.9 Å². The van der Waals surface area contributed by atoms with Crippen molar-refractivity contribution in [3.05, 3.63) is 29.3 Å². The minimum absolute atomic E-state index is 0.0412. The predicted molar refractivity (Wildman–Crippen MR) is 121 cm³/mol. The van der Waals surface area contributed by atoms with Gasteiger partial charge >= 0.3 is 0 Å². The van der Waals surface area contributed by atoms with Crippen molar-refractivity contribution < 1.29 is 4.79 Å². The molecule has 7 nitrogen and oxygen atoms in total. The molecule has 5 rings (SSSR count). The molecule has 1 unspecified atom stereocenters.